The minimum Gasteiger partial charge on any atom is -0.390 e. The number of rotatable bonds is 14. The molecule has 2 fully saturated rings. The van der Waals surface area contributed by atoms with Crippen molar-refractivity contribution in [3.05, 3.63) is 35.9 Å². The molecule has 0 radical (unpaired) electrons. The minimum atomic E-state index is -1.41. The van der Waals surface area contributed by atoms with Crippen molar-refractivity contribution in [1.29, 1.82) is 0 Å². The quantitative estimate of drug-likeness (QED) is 0.138. The lowest BCUT2D eigenvalue weighted by atomic mass is 9.91. The zero-order chi connectivity index (χ0) is 34.8. The average molecular weight is 661 g/mol. The third-order valence-corrected chi connectivity index (χ3v) is 8.54. The Hall–Kier alpha value is -3.92. The third kappa shape index (κ3) is 9.79. The van der Waals surface area contributed by atoms with Gasteiger partial charge in [-0.15, -0.1) is 0 Å². The van der Waals surface area contributed by atoms with E-state index in [4.69, 9.17) is 4.74 Å². The number of aliphatic hydroxyl groups excluding tert-OH is 2. The van der Waals surface area contributed by atoms with Crippen LogP contribution in [0.4, 0.5) is 0 Å². The smallest absolute Gasteiger partial charge is 0.262 e. The summed E-state index contributed by atoms with van der Waals surface area (Å²) in [5, 5.41) is 31.4. The standard InChI is InChI=1S/C32H48N6O9/c1-18(2)27(41)26(36-25(40)17-47-5)32(46)38-24(12-9-14-33-38)30(44)35-23(16-21-10-7-6-8-11-21)28(42)19(3)29(43)34-22-13-15-37(20(4)39)31(22)45/h6-8,10-11,18-19,22-24,26-28,33,41-42H,9,12-17H2,1-5H3,(H,34,43)(H,35,44)(H,36,40). The fourth-order valence-corrected chi connectivity index (χ4v) is 5.73. The van der Waals surface area contributed by atoms with Crippen LogP contribution in [0.2, 0.25) is 0 Å². The number of methoxy groups -OCH3 is 1. The van der Waals surface area contributed by atoms with Crippen molar-refractivity contribution < 1.29 is 43.7 Å². The molecule has 0 aromatic heterocycles. The summed E-state index contributed by atoms with van der Waals surface area (Å²) in [5.41, 5.74) is 3.69. The topological polar surface area (TPSA) is 207 Å². The maximum atomic E-state index is 13.9. The number of carbonyl (C=O) groups is 6. The summed E-state index contributed by atoms with van der Waals surface area (Å²) in [7, 11) is 1.32. The molecule has 6 N–H and O–H groups in total. The molecule has 7 atom stereocenters. The summed E-state index contributed by atoms with van der Waals surface area (Å²) < 4.78 is 4.85. The number of aliphatic hydroxyl groups is 2. The van der Waals surface area contributed by atoms with E-state index in [9.17, 15) is 39.0 Å². The Morgan fingerprint density at radius 1 is 1.02 bits per heavy atom. The number of carbonyl (C=O) groups excluding carboxylic acids is 6. The average Bonchev–Trinajstić information content (AvgIpc) is 3.41. The molecule has 2 aliphatic rings. The lowest BCUT2D eigenvalue weighted by Crippen LogP contribution is -2.66. The van der Waals surface area contributed by atoms with Crippen LogP contribution < -0.4 is 21.4 Å². The van der Waals surface area contributed by atoms with Gasteiger partial charge in [0.2, 0.25) is 23.6 Å². The number of benzene rings is 1. The highest BCUT2D eigenvalue weighted by Gasteiger charge is 2.42. The molecule has 47 heavy (non-hydrogen) atoms. The summed E-state index contributed by atoms with van der Waals surface area (Å²) >= 11 is 0. The second-order valence-electron chi connectivity index (χ2n) is 12.4. The van der Waals surface area contributed by atoms with Gasteiger partial charge in [-0.1, -0.05) is 51.1 Å². The van der Waals surface area contributed by atoms with Crippen molar-refractivity contribution in [2.75, 3.05) is 26.8 Å². The first kappa shape index (κ1) is 37.5. The van der Waals surface area contributed by atoms with Crippen molar-refractivity contribution in [2.45, 2.75) is 89.8 Å². The number of hydrogen-bond donors (Lipinski definition) is 6. The molecule has 7 unspecified atom stereocenters. The number of hydrazine groups is 1. The van der Waals surface area contributed by atoms with Gasteiger partial charge in [-0.25, -0.2) is 5.43 Å². The molecule has 0 aliphatic carbocycles. The highest BCUT2D eigenvalue weighted by molar-refractivity contribution is 6.00. The Morgan fingerprint density at radius 3 is 2.30 bits per heavy atom. The van der Waals surface area contributed by atoms with Crippen LogP contribution >= 0.6 is 0 Å². The number of amides is 6. The summed E-state index contributed by atoms with van der Waals surface area (Å²) in [5.74, 6) is -4.99. The zero-order valence-corrected chi connectivity index (χ0v) is 27.6. The predicted octanol–water partition coefficient (Wildman–Crippen LogP) is -1.38. The molecular weight excluding hydrogens is 612 g/mol. The van der Waals surface area contributed by atoms with Crippen molar-refractivity contribution in [3.8, 4) is 0 Å². The Labute approximate surface area is 274 Å². The van der Waals surface area contributed by atoms with Crippen molar-refractivity contribution in [3.63, 3.8) is 0 Å². The summed E-state index contributed by atoms with van der Waals surface area (Å²) in [6.45, 7) is 6.34. The second-order valence-corrected chi connectivity index (χ2v) is 12.4. The molecule has 2 heterocycles. The molecule has 1 aromatic rings. The van der Waals surface area contributed by atoms with E-state index < -0.39 is 83.7 Å². The van der Waals surface area contributed by atoms with Gasteiger partial charge in [-0.05, 0) is 37.2 Å². The van der Waals surface area contributed by atoms with Gasteiger partial charge in [0.1, 0.15) is 24.7 Å². The molecule has 6 amide bonds. The van der Waals surface area contributed by atoms with Gasteiger partial charge in [0, 0.05) is 27.1 Å². The first-order valence-corrected chi connectivity index (χ1v) is 15.9. The van der Waals surface area contributed by atoms with Gasteiger partial charge in [0.25, 0.3) is 11.8 Å². The molecule has 0 spiro atoms. The van der Waals surface area contributed by atoms with Crippen LogP contribution in [0, 0.1) is 11.8 Å². The molecule has 2 aliphatic heterocycles. The first-order chi connectivity index (χ1) is 22.3. The van der Waals surface area contributed by atoms with Crippen molar-refractivity contribution in [2.24, 2.45) is 11.8 Å². The van der Waals surface area contributed by atoms with Crippen LogP contribution in [0.25, 0.3) is 0 Å². The van der Waals surface area contributed by atoms with Crippen molar-refractivity contribution >= 4 is 35.4 Å². The Balaban J connectivity index is 1.81. The van der Waals surface area contributed by atoms with Gasteiger partial charge < -0.3 is 30.9 Å². The van der Waals surface area contributed by atoms with E-state index in [1.54, 1.807) is 26.0 Å². The van der Waals surface area contributed by atoms with Crippen molar-refractivity contribution in [1.82, 2.24) is 31.3 Å². The Bertz CT molecular complexity index is 1280. The molecule has 0 bridgehead atoms. The molecule has 0 saturated carbocycles. The lowest BCUT2D eigenvalue weighted by Gasteiger charge is -2.39. The van der Waals surface area contributed by atoms with Crippen LogP contribution in [0.15, 0.2) is 30.3 Å². The third-order valence-electron chi connectivity index (χ3n) is 8.54. The van der Waals surface area contributed by atoms with E-state index in [1.807, 2.05) is 18.2 Å². The maximum Gasteiger partial charge on any atom is 0.262 e. The number of hydrogen-bond acceptors (Lipinski definition) is 10. The summed E-state index contributed by atoms with van der Waals surface area (Å²) in [4.78, 5) is 78.5. The van der Waals surface area contributed by atoms with E-state index in [2.05, 4.69) is 21.4 Å². The largest absolute Gasteiger partial charge is 0.390 e. The van der Waals surface area contributed by atoms with Crippen LogP contribution in [-0.2, 0) is 39.9 Å². The number of imide groups is 1. The van der Waals surface area contributed by atoms with Gasteiger partial charge in [0.15, 0.2) is 0 Å². The predicted molar refractivity (Wildman–Crippen MR) is 169 cm³/mol. The van der Waals surface area contributed by atoms with Crippen LogP contribution in [0.1, 0.15) is 52.5 Å². The van der Waals surface area contributed by atoms with Gasteiger partial charge in [-0.3, -0.25) is 38.7 Å². The molecule has 1 aromatic carbocycles. The van der Waals surface area contributed by atoms with E-state index in [1.165, 1.54) is 21.0 Å². The normalized spacial score (nSPS) is 21.4. The fourth-order valence-electron chi connectivity index (χ4n) is 5.73. The lowest BCUT2D eigenvalue weighted by molar-refractivity contribution is -0.153. The molecule has 2 saturated heterocycles. The number of nitrogens with one attached hydrogen (secondary N) is 4. The molecule has 15 nitrogen and oxygen atoms in total. The van der Waals surface area contributed by atoms with Crippen LogP contribution in [-0.4, -0.2) is 119 Å². The monoisotopic (exact) mass is 660 g/mol. The Kier molecular flexibility index (Phi) is 13.8. The second kappa shape index (κ2) is 17.3. The number of nitrogens with zero attached hydrogens (tertiary/aromatic N) is 2. The van der Waals surface area contributed by atoms with Crippen LogP contribution in [0.3, 0.4) is 0 Å². The number of likely N-dealkylation sites (tertiary alicyclic amines) is 1. The molecular formula is C32H48N6O9. The highest BCUT2D eigenvalue weighted by Crippen LogP contribution is 2.20. The van der Waals surface area contributed by atoms with Gasteiger partial charge in [0.05, 0.1) is 24.2 Å². The Morgan fingerprint density at radius 2 is 1.70 bits per heavy atom. The fraction of sp³-hybridized carbons (Fsp3) is 0.625. The minimum absolute atomic E-state index is 0.141. The van der Waals surface area contributed by atoms with E-state index in [0.29, 0.717) is 13.0 Å². The number of ether oxygens (including phenoxy) is 1. The van der Waals surface area contributed by atoms with E-state index in [0.717, 1.165) is 15.5 Å². The summed E-state index contributed by atoms with van der Waals surface area (Å²) in [6.07, 6.45) is -1.51. The zero-order valence-electron chi connectivity index (χ0n) is 27.6. The van der Waals surface area contributed by atoms with E-state index in [-0.39, 0.29) is 32.4 Å². The molecule has 3 rings (SSSR count). The molecule has 15 heteroatoms. The first-order valence-electron chi connectivity index (χ1n) is 15.9. The van der Waals surface area contributed by atoms with Gasteiger partial charge in [-0.2, -0.15) is 0 Å². The van der Waals surface area contributed by atoms with Gasteiger partial charge >= 0.3 is 0 Å². The van der Waals surface area contributed by atoms with Crippen LogP contribution in [0.5, 0.6) is 0 Å². The maximum absolute atomic E-state index is 13.9. The van der Waals surface area contributed by atoms with E-state index >= 15 is 0 Å². The molecule has 260 valence electrons. The SMILES string of the molecule is COCC(=O)NC(C(=O)N1NCCCC1C(=O)NC(Cc1ccccc1)C(O)C(C)C(=O)NC1CCN(C(C)=O)C1=O)C(O)C(C)C. The summed E-state index contributed by atoms with van der Waals surface area (Å²) in [6, 6.07) is 4.69. The highest BCUT2D eigenvalue weighted by atomic mass is 16.5.